The minimum Gasteiger partial charge on any atom is -0.480 e. The molecule has 102 valence electrons. The second-order valence-electron chi connectivity index (χ2n) is 4.60. The molecule has 0 fully saturated rings. The van der Waals surface area contributed by atoms with Gasteiger partial charge in [-0.1, -0.05) is 25.4 Å². The smallest absolute Gasteiger partial charge is 0.323 e. The molecule has 1 heterocycles. The molecule has 18 heavy (non-hydrogen) atoms. The summed E-state index contributed by atoms with van der Waals surface area (Å²) in [5.41, 5.74) is -0.950. The van der Waals surface area contributed by atoms with Gasteiger partial charge in [0, 0.05) is 6.42 Å². The number of aromatic nitrogens is 2. The highest BCUT2D eigenvalue weighted by Gasteiger charge is 2.31. The van der Waals surface area contributed by atoms with Crippen LogP contribution in [0.4, 0.5) is 0 Å². The van der Waals surface area contributed by atoms with Crippen molar-refractivity contribution in [1.82, 2.24) is 15.5 Å². The van der Waals surface area contributed by atoms with Crippen LogP contribution in [0.15, 0.2) is 4.52 Å². The lowest BCUT2D eigenvalue weighted by Gasteiger charge is -2.24. The van der Waals surface area contributed by atoms with Crippen LogP contribution in [0.5, 0.6) is 0 Å². The van der Waals surface area contributed by atoms with Crippen molar-refractivity contribution in [1.29, 1.82) is 0 Å². The Balaban J connectivity index is 2.58. The number of carbonyl (C=O) groups is 1. The first-order valence-electron chi connectivity index (χ1n) is 6.31. The molecule has 2 N–H and O–H groups in total. The Labute approximate surface area is 107 Å². The molecule has 0 aliphatic rings. The molecule has 6 heteroatoms. The van der Waals surface area contributed by atoms with E-state index < -0.39 is 11.5 Å². The Morgan fingerprint density at radius 1 is 1.44 bits per heavy atom. The molecule has 1 rings (SSSR count). The third-order valence-electron chi connectivity index (χ3n) is 2.84. The van der Waals surface area contributed by atoms with E-state index in [9.17, 15) is 9.90 Å². The van der Waals surface area contributed by atoms with Crippen LogP contribution < -0.4 is 5.32 Å². The zero-order chi connectivity index (χ0) is 13.6. The lowest BCUT2D eigenvalue weighted by atomic mass is 9.96. The maximum Gasteiger partial charge on any atom is 0.323 e. The first-order valence-corrected chi connectivity index (χ1v) is 6.31. The van der Waals surface area contributed by atoms with E-state index in [1.165, 1.54) is 0 Å². The number of hydrogen-bond acceptors (Lipinski definition) is 5. The molecule has 0 aromatic carbocycles. The molecule has 0 spiro atoms. The summed E-state index contributed by atoms with van der Waals surface area (Å²) in [5, 5.41) is 16.0. The van der Waals surface area contributed by atoms with Crippen molar-refractivity contribution in [2.45, 2.75) is 58.5 Å². The van der Waals surface area contributed by atoms with Crippen LogP contribution in [-0.2, 0) is 17.8 Å². The van der Waals surface area contributed by atoms with Crippen molar-refractivity contribution in [2.75, 3.05) is 0 Å². The molecule has 1 aromatic heterocycles. The zero-order valence-corrected chi connectivity index (χ0v) is 11.2. The van der Waals surface area contributed by atoms with Crippen molar-refractivity contribution >= 4 is 5.97 Å². The fraction of sp³-hybridized carbons (Fsp3) is 0.750. The van der Waals surface area contributed by atoms with Gasteiger partial charge < -0.3 is 9.63 Å². The maximum absolute atomic E-state index is 11.2. The Bertz CT molecular complexity index is 392. The second kappa shape index (κ2) is 6.49. The third kappa shape index (κ3) is 3.80. The van der Waals surface area contributed by atoms with Gasteiger partial charge in [-0.25, -0.2) is 0 Å². The number of aryl methyl sites for hydroxylation is 1. The van der Waals surface area contributed by atoms with E-state index in [0.29, 0.717) is 18.1 Å². The van der Waals surface area contributed by atoms with Gasteiger partial charge in [-0.05, 0) is 19.8 Å². The van der Waals surface area contributed by atoms with E-state index in [0.717, 1.165) is 19.3 Å². The van der Waals surface area contributed by atoms with E-state index in [1.54, 1.807) is 6.92 Å². The van der Waals surface area contributed by atoms with E-state index in [-0.39, 0.29) is 6.54 Å². The second-order valence-corrected chi connectivity index (χ2v) is 4.60. The fourth-order valence-corrected chi connectivity index (χ4v) is 1.73. The first-order chi connectivity index (χ1) is 8.51. The van der Waals surface area contributed by atoms with Gasteiger partial charge in [0.1, 0.15) is 5.54 Å². The van der Waals surface area contributed by atoms with Gasteiger partial charge in [0.2, 0.25) is 5.89 Å². The summed E-state index contributed by atoms with van der Waals surface area (Å²) in [5.74, 6) is 0.237. The fourth-order valence-electron chi connectivity index (χ4n) is 1.73. The largest absolute Gasteiger partial charge is 0.480 e. The van der Waals surface area contributed by atoms with Crippen molar-refractivity contribution in [3.63, 3.8) is 0 Å². The standard InChI is InChI=1S/C12H21N3O3/c1-4-6-9-14-10(18-15-9)8-13-12(3,7-5-2)11(16)17/h13H,4-8H2,1-3H3,(H,16,17). The normalized spacial score (nSPS) is 14.4. The van der Waals surface area contributed by atoms with E-state index >= 15 is 0 Å². The quantitative estimate of drug-likeness (QED) is 0.735. The van der Waals surface area contributed by atoms with Gasteiger partial charge in [0.25, 0.3) is 0 Å². The van der Waals surface area contributed by atoms with Gasteiger partial charge in [0.15, 0.2) is 5.82 Å². The van der Waals surface area contributed by atoms with Gasteiger partial charge in [-0.3, -0.25) is 10.1 Å². The molecule has 0 radical (unpaired) electrons. The Morgan fingerprint density at radius 3 is 2.72 bits per heavy atom. The Kier molecular flexibility index (Phi) is 5.27. The minimum absolute atomic E-state index is 0.277. The molecule has 0 aliphatic heterocycles. The minimum atomic E-state index is -0.950. The van der Waals surface area contributed by atoms with Crippen LogP contribution >= 0.6 is 0 Å². The molecular weight excluding hydrogens is 234 g/mol. The van der Waals surface area contributed by atoms with Crippen LogP contribution in [0.1, 0.15) is 51.7 Å². The van der Waals surface area contributed by atoms with Crippen LogP contribution in [0, 0.1) is 0 Å². The molecule has 0 saturated heterocycles. The van der Waals surface area contributed by atoms with Crippen molar-refractivity contribution in [3.8, 4) is 0 Å². The van der Waals surface area contributed by atoms with Crippen LogP contribution in [0.2, 0.25) is 0 Å². The summed E-state index contributed by atoms with van der Waals surface area (Å²) in [7, 11) is 0. The van der Waals surface area contributed by atoms with E-state index in [2.05, 4.69) is 15.5 Å². The maximum atomic E-state index is 11.2. The van der Waals surface area contributed by atoms with E-state index in [4.69, 9.17) is 4.52 Å². The summed E-state index contributed by atoms with van der Waals surface area (Å²) < 4.78 is 5.05. The lowest BCUT2D eigenvalue weighted by molar-refractivity contribution is -0.144. The zero-order valence-electron chi connectivity index (χ0n) is 11.2. The van der Waals surface area contributed by atoms with Crippen LogP contribution in [0.25, 0.3) is 0 Å². The van der Waals surface area contributed by atoms with Crippen LogP contribution in [0.3, 0.4) is 0 Å². The number of aliphatic carboxylic acids is 1. The van der Waals surface area contributed by atoms with Gasteiger partial charge in [-0.2, -0.15) is 4.98 Å². The number of nitrogens with zero attached hydrogens (tertiary/aromatic N) is 2. The average molecular weight is 255 g/mol. The molecule has 1 unspecified atom stereocenters. The summed E-state index contributed by atoms with van der Waals surface area (Å²) in [6, 6.07) is 0. The molecule has 0 amide bonds. The van der Waals surface area contributed by atoms with Gasteiger partial charge in [-0.15, -0.1) is 0 Å². The number of rotatable bonds is 8. The SMILES string of the molecule is CCCc1noc(CNC(C)(CCC)C(=O)O)n1. The van der Waals surface area contributed by atoms with Crippen molar-refractivity contribution < 1.29 is 14.4 Å². The molecule has 1 aromatic rings. The van der Waals surface area contributed by atoms with Crippen LogP contribution in [-0.4, -0.2) is 26.8 Å². The average Bonchev–Trinajstić information content (AvgIpc) is 2.75. The molecule has 0 saturated carbocycles. The summed E-state index contributed by atoms with van der Waals surface area (Å²) >= 11 is 0. The van der Waals surface area contributed by atoms with Crippen molar-refractivity contribution in [2.24, 2.45) is 0 Å². The predicted molar refractivity (Wildman–Crippen MR) is 66.1 cm³/mol. The lowest BCUT2D eigenvalue weighted by Crippen LogP contribution is -2.49. The highest BCUT2D eigenvalue weighted by Crippen LogP contribution is 2.13. The first kappa shape index (κ1) is 14.6. The van der Waals surface area contributed by atoms with Gasteiger partial charge >= 0.3 is 5.97 Å². The molecular formula is C12H21N3O3. The van der Waals surface area contributed by atoms with Gasteiger partial charge in [0.05, 0.1) is 6.54 Å². The Morgan fingerprint density at radius 2 is 2.17 bits per heavy atom. The number of nitrogens with one attached hydrogen (secondary N) is 1. The number of hydrogen-bond donors (Lipinski definition) is 2. The topological polar surface area (TPSA) is 88.2 Å². The molecule has 6 nitrogen and oxygen atoms in total. The molecule has 0 aliphatic carbocycles. The van der Waals surface area contributed by atoms with E-state index in [1.807, 2.05) is 13.8 Å². The summed E-state index contributed by atoms with van der Waals surface area (Å²) in [4.78, 5) is 15.4. The third-order valence-corrected chi connectivity index (χ3v) is 2.84. The molecule has 1 atom stereocenters. The summed E-state index contributed by atoms with van der Waals surface area (Å²) in [6.45, 7) is 5.94. The summed E-state index contributed by atoms with van der Waals surface area (Å²) in [6.07, 6.45) is 3.07. The highest BCUT2D eigenvalue weighted by molar-refractivity contribution is 5.78. The van der Waals surface area contributed by atoms with Crippen molar-refractivity contribution in [3.05, 3.63) is 11.7 Å². The Hall–Kier alpha value is -1.43. The molecule has 0 bridgehead atoms. The number of carboxylic acid groups (broad SMARTS) is 1. The number of carboxylic acids is 1. The monoisotopic (exact) mass is 255 g/mol. The predicted octanol–water partition coefficient (Wildman–Crippen LogP) is 1.76. The highest BCUT2D eigenvalue weighted by atomic mass is 16.5.